The Hall–Kier alpha value is -4.41. The number of hydrogen-bond donors (Lipinski definition) is 1. The molecule has 1 aliphatic rings. The molecule has 0 spiro atoms. The van der Waals surface area contributed by atoms with Gasteiger partial charge >= 0.3 is 6.03 Å². The number of halogens is 2. The molecule has 0 atom stereocenters. The van der Waals surface area contributed by atoms with E-state index < -0.39 is 28.3 Å². The number of rotatable bonds is 7. The molecule has 0 aromatic heterocycles. The molecule has 10 nitrogen and oxygen atoms in total. The lowest BCUT2D eigenvalue weighted by atomic mass is 10.1. The van der Waals surface area contributed by atoms with Gasteiger partial charge in [0.1, 0.15) is 12.2 Å². The number of nitro benzene ring substituents is 1. The first kappa shape index (κ1) is 25.7. The molecule has 1 heterocycles. The van der Waals surface area contributed by atoms with Crippen molar-refractivity contribution in [2.24, 2.45) is 0 Å². The number of nitrogens with one attached hydrogen (secondary N) is 1. The number of nitrogens with zero attached hydrogens (tertiary/aromatic N) is 2. The summed E-state index contributed by atoms with van der Waals surface area (Å²) in [7, 11) is 1.39. The standard InChI is InChI=1S/C25H17Cl2N3O7/c1-36-21-11-14(10-20(27)22(21)37-13-15-5-2-3-8-19(15)26)9-18-23(31)28-25(33)29(24(18)32)16-6-4-7-17(12-16)30(34)35/h2-12H,13H2,1H3,(H,28,31,33)/b18-9+. The van der Waals surface area contributed by atoms with Crippen LogP contribution in [0.3, 0.4) is 0 Å². The number of ether oxygens (including phenoxy) is 2. The van der Waals surface area contributed by atoms with Crippen LogP contribution in [-0.2, 0) is 16.2 Å². The third kappa shape index (κ3) is 5.40. The molecule has 4 amide bonds. The maximum Gasteiger partial charge on any atom is 0.335 e. The lowest BCUT2D eigenvalue weighted by molar-refractivity contribution is -0.384. The Morgan fingerprint density at radius 3 is 2.49 bits per heavy atom. The fraction of sp³-hybridized carbons (Fsp3) is 0.0800. The quantitative estimate of drug-likeness (QED) is 0.189. The fourth-order valence-corrected chi connectivity index (χ4v) is 4.00. The number of hydrogen-bond acceptors (Lipinski definition) is 7. The zero-order chi connectivity index (χ0) is 26.7. The Morgan fingerprint density at radius 1 is 1.03 bits per heavy atom. The topological polar surface area (TPSA) is 128 Å². The normalized spacial score (nSPS) is 14.5. The molecule has 0 unspecified atom stereocenters. The highest BCUT2D eigenvalue weighted by molar-refractivity contribution is 6.39. The van der Waals surface area contributed by atoms with Gasteiger partial charge in [-0.2, -0.15) is 0 Å². The van der Waals surface area contributed by atoms with E-state index in [0.717, 1.165) is 11.6 Å². The Labute approximate surface area is 220 Å². The maximum absolute atomic E-state index is 13.1. The summed E-state index contributed by atoms with van der Waals surface area (Å²) in [5.41, 5.74) is 0.232. The van der Waals surface area contributed by atoms with Crippen LogP contribution in [0.2, 0.25) is 10.0 Å². The average Bonchev–Trinajstić information content (AvgIpc) is 2.86. The van der Waals surface area contributed by atoms with E-state index >= 15 is 0 Å². The number of amides is 4. The molecule has 0 radical (unpaired) electrons. The van der Waals surface area contributed by atoms with Crippen molar-refractivity contribution >= 4 is 58.5 Å². The number of nitro groups is 1. The van der Waals surface area contributed by atoms with Crippen LogP contribution in [0.25, 0.3) is 6.08 Å². The Bertz CT molecular complexity index is 1470. The number of methoxy groups -OCH3 is 1. The highest BCUT2D eigenvalue weighted by atomic mass is 35.5. The van der Waals surface area contributed by atoms with Gasteiger partial charge < -0.3 is 9.47 Å². The second kappa shape index (κ2) is 10.7. The summed E-state index contributed by atoms with van der Waals surface area (Å²) in [6.07, 6.45) is 1.22. The molecular weight excluding hydrogens is 525 g/mol. The van der Waals surface area contributed by atoms with Gasteiger partial charge in [-0.05, 0) is 35.9 Å². The van der Waals surface area contributed by atoms with E-state index in [-0.39, 0.29) is 34.5 Å². The van der Waals surface area contributed by atoms with Crippen LogP contribution in [0.15, 0.2) is 66.2 Å². The van der Waals surface area contributed by atoms with E-state index in [9.17, 15) is 24.5 Å². The third-order valence-corrected chi connectivity index (χ3v) is 5.94. The number of barbiturate groups is 1. The number of non-ortho nitro benzene ring substituents is 1. The van der Waals surface area contributed by atoms with Crippen molar-refractivity contribution in [3.05, 3.63) is 97.5 Å². The minimum absolute atomic E-state index is 0.0750. The zero-order valence-electron chi connectivity index (χ0n) is 19.1. The summed E-state index contributed by atoms with van der Waals surface area (Å²) in [5, 5.41) is 13.8. The molecule has 3 aromatic rings. The molecule has 4 rings (SSSR count). The first-order valence-corrected chi connectivity index (χ1v) is 11.3. The Kier molecular flexibility index (Phi) is 7.42. The molecule has 0 bridgehead atoms. The van der Waals surface area contributed by atoms with Crippen molar-refractivity contribution in [3.63, 3.8) is 0 Å². The molecule has 188 valence electrons. The van der Waals surface area contributed by atoms with Crippen molar-refractivity contribution in [2.75, 3.05) is 12.0 Å². The molecule has 1 aliphatic heterocycles. The number of carbonyl (C=O) groups is 3. The number of imide groups is 2. The summed E-state index contributed by atoms with van der Waals surface area (Å²) in [5.74, 6) is -1.46. The SMILES string of the molecule is COc1cc(/C=C2\C(=O)NC(=O)N(c3cccc([N+](=O)[O-])c3)C2=O)cc(Cl)c1OCc1ccccc1Cl. The Morgan fingerprint density at radius 2 is 1.78 bits per heavy atom. The van der Waals surface area contributed by atoms with E-state index in [4.69, 9.17) is 32.7 Å². The average molecular weight is 542 g/mol. The molecule has 1 N–H and O–H groups in total. The van der Waals surface area contributed by atoms with Crippen LogP contribution in [0.4, 0.5) is 16.2 Å². The monoisotopic (exact) mass is 541 g/mol. The van der Waals surface area contributed by atoms with E-state index in [1.165, 1.54) is 43.5 Å². The molecule has 0 saturated carbocycles. The van der Waals surface area contributed by atoms with Crippen molar-refractivity contribution in [3.8, 4) is 11.5 Å². The third-order valence-electron chi connectivity index (χ3n) is 5.29. The van der Waals surface area contributed by atoms with Crippen LogP contribution >= 0.6 is 23.2 Å². The van der Waals surface area contributed by atoms with Gasteiger partial charge in [0, 0.05) is 22.7 Å². The summed E-state index contributed by atoms with van der Waals surface area (Å²) in [6, 6.07) is 13.9. The molecule has 1 saturated heterocycles. The van der Waals surface area contributed by atoms with Gasteiger partial charge in [-0.1, -0.05) is 47.5 Å². The first-order valence-electron chi connectivity index (χ1n) is 10.6. The van der Waals surface area contributed by atoms with Gasteiger partial charge in [-0.25, -0.2) is 9.69 Å². The molecular formula is C25H17Cl2N3O7. The first-order chi connectivity index (χ1) is 17.7. The van der Waals surface area contributed by atoms with E-state index in [0.29, 0.717) is 15.5 Å². The fourth-order valence-electron chi connectivity index (χ4n) is 3.53. The van der Waals surface area contributed by atoms with Crippen molar-refractivity contribution in [1.29, 1.82) is 0 Å². The van der Waals surface area contributed by atoms with Gasteiger partial charge in [-0.3, -0.25) is 25.0 Å². The largest absolute Gasteiger partial charge is 0.493 e. The van der Waals surface area contributed by atoms with Crippen molar-refractivity contribution < 1.29 is 28.8 Å². The van der Waals surface area contributed by atoms with Crippen LogP contribution in [0.5, 0.6) is 11.5 Å². The number of urea groups is 1. The van der Waals surface area contributed by atoms with Crippen molar-refractivity contribution in [2.45, 2.75) is 6.61 Å². The molecule has 1 fully saturated rings. The van der Waals surface area contributed by atoms with E-state index in [1.807, 2.05) is 6.07 Å². The van der Waals surface area contributed by atoms with Crippen LogP contribution in [0.1, 0.15) is 11.1 Å². The molecule has 12 heteroatoms. The number of benzene rings is 3. The second-order valence-electron chi connectivity index (χ2n) is 7.65. The number of anilines is 1. The van der Waals surface area contributed by atoms with Crippen LogP contribution < -0.4 is 19.7 Å². The minimum Gasteiger partial charge on any atom is -0.493 e. The molecule has 3 aromatic carbocycles. The highest BCUT2D eigenvalue weighted by Crippen LogP contribution is 2.38. The van der Waals surface area contributed by atoms with Gasteiger partial charge in [-0.15, -0.1) is 0 Å². The Balaban J connectivity index is 1.66. The predicted octanol–water partition coefficient (Wildman–Crippen LogP) is 5.16. The van der Waals surface area contributed by atoms with E-state index in [2.05, 4.69) is 5.32 Å². The predicted molar refractivity (Wildman–Crippen MR) is 136 cm³/mol. The maximum atomic E-state index is 13.1. The molecule has 37 heavy (non-hydrogen) atoms. The van der Waals surface area contributed by atoms with Crippen LogP contribution in [0, 0.1) is 10.1 Å². The summed E-state index contributed by atoms with van der Waals surface area (Å²) in [4.78, 5) is 49.2. The van der Waals surface area contributed by atoms with Gasteiger partial charge in [0.05, 0.1) is 22.7 Å². The van der Waals surface area contributed by atoms with Gasteiger partial charge in [0.25, 0.3) is 17.5 Å². The smallest absolute Gasteiger partial charge is 0.335 e. The summed E-state index contributed by atoms with van der Waals surface area (Å²) >= 11 is 12.6. The molecule has 0 aliphatic carbocycles. The lowest BCUT2D eigenvalue weighted by Crippen LogP contribution is -2.54. The second-order valence-corrected chi connectivity index (χ2v) is 8.46. The lowest BCUT2D eigenvalue weighted by Gasteiger charge is -2.26. The van der Waals surface area contributed by atoms with E-state index in [1.54, 1.807) is 18.2 Å². The zero-order valence-corrected chi connectivity index (χ0v) is 20.6. The van der Waals surface area contributed by atoms with Crippen LogP contribution in [-0.4, -0.2) is 29.9 Å². The van der Waals surface area contributed by atoms with Gasteiger partial charge in [0.2, 0.25) is 0 Å². The summed E-state index contributed by atoms with van der Waals surface area (Å²) < 4.78 is 11.2. The number of carbonyl (C=O) groups excluding carboxylic acids is 3. The van der Waals surface area contributed by atoms with Crippen molar-refractivity contribution in [1.82, 2.24) is 5.32 Å². The van der Waals surface area contributed by atoms with Gasteiger partial charge in [0.15, 0.2) is 11.5 Å². The minimum atomic E-state index is -1.04. The highest BCUT2D eigenvalue weighted by Gasteiger charge is 2.37. The summed E-state index contributed by atoms with van der Waals surface area (Å²) in [6.45, 7) is 0.108.